The Balaban J connectivity index is 2.11. The smallest absolute Gasteiger partial charge is 0.180 e. The van der Waals surface area contributed by atoms with Gasteiger partial charge in [-0.2, -0.15) is 0 Å². The lowest BCUT2D eigenvalue weighted by atomic mass is 9.90. The molecule has 0 saturated carbocycles. The highest BCUT2D eigenvalue weighted by Crippen LogP contribution is 2.22. The number of imidazole rings is 1. The fraction of sp³-hybridized carbons (Fsp3) is 0.538. The van der Waals surface area contributed by atoms with Crippen molar-refractivity contribution in [3.63, 3.8) is 0 Å². The summed E-state index contributed by atoms with van der Waals surface area (Å²) in [5.41, 5.74) is 6.69. The van der Waals surface area contributed by atoms with E-state index in [4.69, 9.17) is 10.5 Å². The van der Waals surface area contributed by atoms with Crippen LogP contribution in [0.5, 0.6) is 0 Å². The van der Waals surface area contributed by atoms with E-state index in [1.165, 1.54) is 0 Å². The van der Waals surface area contributed by atoms with Crippen LogP contribution in [-0.4, -0.2) is 34.6 Å². The molecule has 0 unspecified atom stereocenters. The second-order valence-corrected chi connectivity index (χ2v) is 5.43. The Morgan fingerprint density at radius 2 is 2.26 bits per heavy atom. The zero-order valence-electron chi connectivity index (χ0n) is 11.7. The Morgan fingerprint density at radius 1 is 1.47 bits per heavy atom. The highest BCUT2D eigenvalue weighted by Gasteiger charge is 2.18. The van der Waals surface area contributed by atoms with Crippen LogP contribution in [0.3, 0.4) is 0 Å². The van der Waals surface area contributed by atoms with Crippen molar-refractivity contribution < 1.29 is 4.74 Å². The summed E-state index contributed by atoms with van der Waals surface area (Å²) in [4.78, 5) is 8.59. The molecule has 0 spiro atoms. The standard InChI is InChI=1S/C13H21N5O/c1-13(2,4-7-19-3)9-16-11-12-15-5-6-18(12)8-10(14)17-11/h5-6,8H,4,7,9,14H2,1-3H3,(H,16,17). The van der Waals surface area contributed by atoms with E-state index < -0.39 is 0 Å². The molecule has 6 nitrogen and oxygen atoms in total. The van der Waals surface area contributed by atoms with E-state index in [-0.39, 0.29) is 5.41 Å². The van der Waals surface area contributed by atoms with E-state index in [1.807, 2.05) is 10.6 Å². The van der Waals surface area contributed by atoms with Crippen LogP contribution in [0, 0.1) is 5.41 Å². The van der Waals surface area contributed by atoms with Gasteiger partial charge in [0.1, 0.15) is 5.82 Å². The van der Waals surface area contributed by atoms with E-state index in [1.54, 1.807) is 19.5 Å². The van der Waals surface area contributed by atoms with Crippen molar-refractivity contribution in [1.82, 2.24) is 14.4 Å². The average molecular weight is 263 g/mol. The van der Waals surface area contributed by atoms with Crippen molar-refractivity contribution in [3.05, 3.63) is 18.6 Å². The number of hydrogen-bond acceptors (Lipinski definition) is 5. The van der Waals surface area contributed by atoms with Gasteiger partial charge in [-0.3, -0.25) is 0 Å². The molecule has 0 amide bonds. The van der Waals surface area contributed by atoms with Gasteiger partial charge in [0.15, 0.2) is 11.5 Å². The van der Waals surface area contributed by atoms with Crippen molar-refractivity contribution in [2.75, 3.05) is 31.3 Å². The minimum atomic E-state index is 0.117. The van der Waals surface area contributed by atoms with Gasteiger partial charge in [-0.25, -0.2) is 9.97 Å². The topological polar surface area (TPSA) is 77.5 Å². The second kappa shape index (κ2) is 5.44. The number of nitrogens with two attached hydrogens (primary N) is 1. The predicted molar refractivity (Wildman–Crippen MR) is 76.2 cm³/mol. The maximum absolute atomic E-state index is 5.78. The lowest BCUT2D eigenvalue weighted by Crippen LogP contribution is -2.25. The quantitative estimate of drug-likeness (QED) is 0.830. The number of aromatic nitrogens is 3. The van der Waals surface area contributed by atoms with Gasteiger partial charge in [0, 0.05) is 32.7 Å². The second-order valence-electron chi connectivity index (χ2n) is 5.43. The molecular weight excluding hydrogens is 242 g/mol. The molecule has 3 N–H and O–H groups in total. The van der Waals surface area contributed by atoms with E-state index >= 15 is 0 Å². The average Bonchev–Trinajstić information content (AvgIpc) is 2.81. The third-order valence-corrected chi connectivity index (χ3v) is 3.11. The first kappa shape index (κ1) is 13.6. The number of rotatable bonds is 6. The molecule has 0 atom stereocenters. The van der Waals surface area contributed by atoms with Crippen molar-refractivity contribution in [3.8, 4) is 0 Å². The molecule has 6 heteroatoms. The Kier molecular flexibility index (Phi) is 3.90. The largest absolute Gasteiger partial charge is 0.385 e. The van der Waals surface area contributed by atoms with Crippen LogP contribution >= 0.6 is 0 Å². The highest BCUT2D eigenvalue weighted by atomic mass is 16.5. The summed E-state index contributed by atoms with van der Waals surface area (Å²) in [6, 6.07) is 0. The summed E-state index contributed by atoms with van der Waals surface area (Å²) in [5.74, 6) is 1.19. The molecule has 2 aromatic heterocycles. The van der Waals surface area contributed by atoms with Crippen LogP contribution < -0.4 is 11.1 Å². The molecule has 104 valence electrons. The highest BCUT2D eigenvalue weighted by molar-refractivity contribution is 5.64. The fourth-order valence-corrected chi connectivity index (χ4v) is 1.86. The number of nitrogen functional groups attached to an aromatic ring is 1. The Bertz CT molecular complexity index is 549. The monoisotopic (exact) mass is 263 g/mol. The molecule has 0 aliphatic heterocycles. The number of ether oxygens (including phenoxy) is 1. The zero-order chi connectivity index (χ0) is 13.9. The molecule has 19 heavy (non-hydrogen) atoms. The number of nitrogens with zero attached hydrogens (tertiary/aromatic N) is 3. The minimum Gasteiger partial charge on any atom is -0.385 e. The van der Waals surface area contributed by atoms with Crippen molar-refractivity contribution >= 4 is 17.3 Å². The first-order valence-corrected chi connectivity index (χ1v) is 6.34. The van der Waals surface area contributed by atoms with Gasteiger partial charge in [0.05, 0.1) is 6.20 Å². The third kappa shape index (κ3) is 3.35. The SMILES string of the molecule is COCCC(C)(C)CNc1nc(N)cn2ccnc12. The summed E-state index contributed by atoms with van der Waals surface area (Å²) in [5, 5.41) is 3.33. The third-order valence-electron chi connectivity index (χ3n) is 3.11. The number of fused-ring (bicyclic) bond motifs is 1. The molecule has 0 fully saturated rings. The van der Waals surface area contributed by atoms with Gasteiger partial charge in [0.2, 0.25) is 0 Å². The normalized spacial score (nSPS) is 11.9. The molecular formula is C13H21N5O. The molecule has 0 bridgehead atoms. The lowest BCUT2D eigenvalue weighted by Gasteiger charge is -2.24. The minimum absolute atomic E-state index is 0.117. The van der Waals surface area contributed by atoms with Crippen LogP contribution in [0.4, 0.5) is 11.6 Å². The maximum Gasteiger partial charge on any atom is 0.180 e. The number of nitrogens with one attached hydrogen (secondary N) is 1. The zero-order valence-corrected chi connectivity index (χ0v) is 11.7. The number of anilines is 2. The first-order chi connectivity index (χ1) is 9.02. The summed E-state index contributed by atoms with van der Waals surface area (Å²) < 4.78 is 6.99. The Morgan fingerprint density at radius 3 is 3.00 bits per heavy atom. The number of methoxy groups -OCH3 is 1. The van der Waals surface area contributed by atoms with E-state index in [0.29, 0.717) is 5.82 Å². The molecule has 2 heterocycles. The van der Waals surface area contributed by atoms with Gasteiger partial charge in [0.25, 0.3) is 0 Å². The Labute approximate surface area is 113 Å². The fourth-order valence-electron chi connectivity index (χ4n) is 1.86. The molecule has 0 aliphatic carbocycles. The van der Waals surface area contributed by atoms with Gasteiger partial charge in [-0.1, -0.05) is 13.8 Å². The molecule has 0 saturated heterocycles. The summed E-state index contributed by atoms with van der Waals surface area (Å²) in [6.07, 6.45) is 6.32. The number of hydrogen-bond donors (Lipinski definition) is 2. The van der Waals surface area contributed by atoms with Crippen LogP contribution in [0.1, 0.15) is 20.3 Å². The molecule has 0 radical (unpaired) electrons. The summed E-state index contributed by atoms with van der Waals surface area (Å²) in [7, 11) is 1.72. The van der Waals surface area contributed by atoms with E-state index in [9.17, 15) is 0 Å². The molecule has 2 aromatic rings. The van der Waals surface area contributed by atoms with Gasteiger partial charge >= 0.3 is 0 Å². The first-order valence-electron chi connectivity index (χ1n) is 6.34. The molecule has 0 aromatic carbocycles. The lowest BCUT2D eigenvalue weighted by molar-refractivity contribution is 0.157. The van der Waals surface area contributed by atoms with Crippen LogP contribution in [0.15, 0.2) is 18.6 Å². The molecule has 0 aliphatic rings. The van der Waals surface area contributed by atoms with E-state index in [0.717, 1.165) is 31.0 Å². The van der Waals surface area contributed by atoms with Crippen molar-refractivity contribution in [1.29, 1.82) is 0 Å². The van der Waals surface area contributed by atoms with Crippen LogP contribution in [0.2, 0.25) is 0 Å². The van der Waals surface area contributed by atoms with E-state index in [2.05, 4.69) is 29.1 Å². The van der Waals surface area contributed by atoms with Crippen molar-refractivity contribution in [2.24, 2.45) is 5.41 Å². The predicted octanol–water partition coefficient (Wildman–Crippen LogP) is 1.79. The van der Waals surface area contributed by atoms with Gasteiger partial charge < -0.3 is 20.2 Å². The summed E-state index contributed by atoms with van der Waals surface area (Å²) >= 11 is 0. The van der Waals surface area contributed by atoms with Crippen LogP contribution in [-0.2, 0) is 4.74 Å². The van der Waals surface area contributed by atoms with Crippen molar-refractivity contribution in [2.45, 2.75) is 20.3 Å². The van der Waals surface area contributed by atoms with Gasteiger partial charge in [-0.15, -0.1) is 0 Å². The van der Waals surface area contributed by atoms with Gasteiger partial charge in [-0.05, 0) is 11.8 Å². The Hall–Kier alpha value is -1.82. The molecule has 2 rings (SSSR count). The van der Waals surface area contributed by atoms with Crippen LogP contribution in [0.25, 0.3) is 5.65 Å². The maximum atomic E-state index is 5.78. The summed E-state index contributed by atoms with van der Waals surface area (Å²) in [6.45, 7) is 5.91.